The monoisotopic (exact) mass is 395 g/mol. The summed E-state index contributed by atoms with van der Waals surface area (Å²) < 4.78 is 1.38. The Morgan fingerprint density at radius 2 is 1.93 bits per heavy atom. The molecule has 1 aromatic carbocycles. The molecule has 3 heterocycles. The number of thioether (sulfide) groups is 1. The maximum atomic E-state index is 13.4. The topological polar surface area (TPSA) is 85.1 Å². The Kier molecular flexibility index (Phi) is 4.74. The third-order valence-electron chi connectivity index (χ3n) is 3.86. The number of aromatic nitrogens is 3. The van der Waals surface area contributed by atoms with Gasteiger partial charge in [0.25, 0.3) is 5.56 Å². The molecule has 0 amide bonds. The number of carboxylic acid groups (broad SMARTS) is 1. The summed E-state index contributed by atoms with van der Waals surface area (Å²) >= 11 is 2.37. The number of nitrogens with zero attached hydrogens (tertiary/aromatic N) is 3. The van der Waals surface area contributed by atoms with Gasteiger partial charge in [0, 0.05) is 17.1 Å². The van der Waals surface area contributed by atoms with E-state index in [4.69, 9.17) is 5.11 Å². The van der Waals surface area contributed by atoms with Crippen LogP contribution in [0.4, 0.5) is 0 Å². The molecule has 27 heavy (non-hydrogen) atoms. The normalized spacial score (nSPS) is 11.0. The maximum absolute atomic E-state index is 13.4. The van der Waals surface area contributed by atoms with Crippen LogP contribution >= 0.6 is 23.1 Å². The molecule has 1 N–H and O–H groups in total. The molecule has 0 unspecified atom stereocenters. The van der Waals surface area contributed by atoms with Crippen LogP contribution in [0.25, 0.3) is 27.2 Å². The fourth-order valence-electron chi connectivity index (χ4n) is 2.71. The van der Waals surface area contributed by atoms with E-state index in [-0.39, 0.29) is 11.3 Å². The van der Waals surface area contributed by atoms with Gasteiger partial charge >= 0.3 is 5.97 Å². The first-order valence-electron chi connectivity index (χ1n) is 8.01. The van der Waals surface area contributed by atoms with Crippen LogP contribution in [0.15, 0.2) is 70.1 Å². The maximum Gasteiger partial charge on any atom is 0.313 e. The molecular formula is C19H13N3O3S2. The first-order valence-corrected chi connectivity index (χ1v) is 9.87. The minimum atomic E-state index is -0.974. The molecule has 0 spiro atoms. The number of thiophene rings is 1. The van der Waals surface area contributed by atoms with Crippen molar-refractivity contribution in [2.24, 2.45) is 0 Å². The van der Waals surface area contributed by atoms with Crippen molar-refractivity contribution >= 4 is 39.3 Å². The molecule has 0 aliphatic heterocycles. The number of carboxylic acids is 1. The van der Waals surface area contributed by atoms with Crippen molar-refractivity contribution < 1.29 is 9.90 Å². The van der Waals surface area contributed by atoms with Gasteiger partial charge in [-0.2, -0.15) is 0 Å². The van der Waals surface area contributed by atoms with Gasteiger partial charge in [-0.05, 0) is 17.7 Å². The first kappa shape index (κ1) is 17.4. The third-order valence-corrected chi connectivity index (χ3v) is 5.66. The van der Waals surface area contributed by atoms with Crippen LogP contribution in [0.3, 0.4) is 0 Å². The molecule has 0 atom stereocenters. The number of benzene rings is 1. The van der Waals surface area contributed by atoms with Crippen molar-refractivity contribution in [3.05, 3.63) is 70.5 Å². The van der Waals surface area contributed by atoms with Crippen LogP contribution in [0.2, 0.25) is 0 Å². The summed E-state index contributed by atoms with van der Waals surface area (Å²) in [6, 6.07) is 14.9. The summed E-state index contributed by atoms with van der Waals surface area (Å²) in [7, 11) is 0. The highest BCUT2D eigenvalue weighted by Gasteiger charge is 2.19. The van der Waals surface area contributed by atoms with Crippen molar-refractivity contribution in [1.82, 2.24) is 14.5 Å². The lowest BCUT2D eigenvalue weighted by molar-refractivity contribution is -0.133. The van der Waals surface area contributed by atoms with Crippen molar-refractivity contribution in [1.29, 1.82) is 0 Å². The lowest BCUT2D eigenvalue weighted by Gasteiger charge is -2.11. The van der Waals surface area contributed by atoms with Crippen LogP contribution in [0, 0.1) is 0 Å². The average Bonchev–Trinajstić information content (AvgIpc) is 3.12. The zero-order valence-corrected chi connectivity index (χ0v) is 15.5. The molecule has 134 valence electrons. The molecular weight excluding hydrogens is 382 g/mol. The van der Waals surface area contributed by atoms with Gasteiger partial charge in [-0.15, -0.1) is 11.3 Å². The number of fused-ring (bicyclic) bond motifs is 1. The van der Waals surface area contributed by atoms with Crippen LogP contribution < -0.4 is 5.56 Å². The highest BCUT2D eigenvalue weighted by Crippen LogP contribution is 2.32. The predicted octanol–water partition coefficient (Wildman–Crippen LogP) is 3.69. The summed E-state index contributed by atoms with van der Waals surface area (Å²) in [5.41, 5.74) is 1.49. The van der Waals surface area contributed by atoms with Crippen molar-refractivity contribution in [3.8, 4) is 16.9 Å². The predicted molar refractivity (Wildman–Crippen MR) is 107 cm³/mol. The standard InChI is InChI=1S/C19H13N3O3S2/c23-15(24)11-27-19-21-17-16(13(10-26-17)12-6-2-1-3-7-12)18(25)22(19)14-8-4-5-9-20-14/h1-10H,11H2,(H,23,24). The molecule has 0 radical (unpaired) electrons. The summed E-state index contributed by atoms with van der Waals surface area (Å²) in [6.45, 7) is 0. The summed E-state index contributed by atoms with van der Waals surface area (Å²) in [5, 5.41) is 11.8. The molecule has 0 fully saturated rings. The first-order chi connectivity index (χ1) is 13.1. The SMILES string of the molecule is O=C(O)CSc1nc2scc(-c3ccccc3)c2c(=O)n1-c1ccccn1. The van der Waals surface area contributed by atoms with Gasteiger partial charge < -0.3 is 5.11 Å². The molecule has 3 aromatic heterocycles. The van der Waals surface area contributed by atoms with Crippen LogP contribution in [0.1, 0.15) is 0 Å². The highest BCUT2D eigenvalue weighted by atomic mass is 32.2. The summed E-state index contributed by atoms with van der Waals surface area (Å²) in [5.74, 6) is -0.755. The largest absolute Gasteiger partial charge is 0.481 e. The van der Waals surface area contributed by atoms with Crippen molar-refractivity contribution in [2.45, 2.75) is 5.16 Å². The van der Waals surface area contributed by atoms with Gasteiger partial charge in [0.1, 0.15) is 10.6 Å². The Balaban J connectivity index is 1.99. The van der Waals surface area contributed by atoms with Gasteiger partial charge in [-0.1, -0.05) is 48.2 Å². The van der Waals surface area contributed by atoms with E-state index >= 15 is 0 Å². The second kappa shape index (κ2) is 7.34. The number of hydrogen-bond acceptors (Lipinski definition) is 6. The second-order valence-electron chi connectivity index (χ2n) is 5.60. The van der Waals surface area contributed by atoms with Gasteiger partial charge in [-0.25, -0.2) is 14.5 Å². The highest BCUT2D eigenvalue weighted by molar-refractivity contribution is 7.99. The lowest BCUT2D eigenvalue weighted by Crippen LogP contribution is -2.22. The van der Waals surface area contributed by atoms with E-state index in [0.29, 0.717) is 21.2 Å². The Morgan fingerprint density at radius 1 is 1.15 bits per heavy atom. The molecule has 0 saturated heterocycles. The molecule has 0 aliphatic carbocycles. The Morgan fingerprint density at radius 3 is 2.63 bits per heavy atom. The Bertz CT molecular complexity index is 1170. The van der Waals surface area contributed by atoms with Crippen LogP contribution in [-0.4, -0.2) is 31.4 Å². The molecule has 6 nitrogen and oxygen atoms in total. The lowest BCUT2D eigenvalue weighted by atomic mass is 10.1. The summed E-state index contributed by atoms with van der Waals surface area (Å²) in [6.07, 6.45) is 1.59. The third kappa shape index (κ3) is 3.36. The fraction of sp³-hybridized carbons (Fsp3) is 0.0526. The van der Waals surface area contributed by atoms with Crippen molar-refractivity contribution in [3.63, 3.8) is 0 Å². The molecule has 4 aromatic rings. The Labute approximate surface area is 162 Å². The van der Waals surface area contributed by atoms with E-state index in [1.165, 1.54) is 15.9 Å². The molecule has 0 aliphatic rings. The number of hydrogen-bond donors (Lipinski definition) is 1. The number of pyridine rings is 1. The summed E-state index contributed by atoms with van der Waals surface area (Å²) in [4.78, 5) is 33.8. The van der Waals surface area contributed by atoms with Gasteiger partial charge in [-0.3, -0.25) is 9.59 Å². The van der Waals surface area contributed by atoms with E-state index in [9.17, 15) is 9.59 Å². The van der Waals surface area contributed by atoms with E-state index in [1.807, 2.05) is 35.7 Å². The van der Waals surface area contributed by atoms with E-state index in [1.54, 1.807) is 24.4 Å². The molecule has 4 rings (SSSR count). The average molecular weight is 395 g/mol. The van der Waals surface area contributed by atoms with Crippen LogP contribution in [0.5, 0.6) is 0 Å². The fourth-order valence-corrected chi connectivity index (χ4v) is 4.42. The number of aliphatic carboxylic acids is 1. The van der Waals surface area contributed by atoms with E-state index in [0.717, 1.165) is 22.9 Å². The molecule has 8 heteroatoms. The minimum Gasteiger partial charge on any atom is -0.481 e. The van der Waals surface area contributed by atoms with E-state index in [2.05, 4.69) is 9.97 Å². The zero-order valence-electron chi connectivity index (χ0n) is 13.9. The zero-order chi connectivity index (χ0) is 18.8. The second-order valence-corrected chi connectivity index (χ2v) is 7.40. The van der Waals surface area contributed by atoms with Gasteiger partial charge in [0.15, 0.2) is 5.16 Å². The number of rotatable bonds is 5. The van der Waals surface area contributed by atoms with E-state index < -0.39 is 5.97 Å². The quantitative estimate of drug-likeness (QED) is 0.410. The molecule has 0 saturated carbocycles. The smallest absolute Gasteiger partial charge is 0.313 e. The van der Waals surface area contributed by atoms with Crippen molar-refractivity contribution in [2.75, 3.05) is 5.75 Å². The van der Waals surface area contributed by atoms with Gasteiger partial charge in [0.05, 0.1) is 11.1 Å². The molecule has 0 bridgehead atoms. The van der Waals surface area contributed by atoms with Crippen LogP contribution in [-0.2, 0) is 4.79 Å². The minimum absolute atomic E-state index is 0.193. The van der Waals surface area contributed by atoms with Gasteiger partial charge in [0.2, 0.25) is 0 Å². The Hall–Kier alpha value is -2.97. The number of carbonyl (C=O) groups is 1.